The molecular weight excluding hydrogens is 252 g/mol. The quantitative estimate of drug-likeness (QED) is 0.891. The Morgan fingerprint density at radius 3 is 2.95 bits per heavy atom. The lowest BCUT2D eigenvalue weighted by molar-refractivity contribution is -0.133. The molecule has 0 saturated carbocycles. The Labute approximate surface area is 120 Å². The minimum atomic E-state index is 0.273. The SMILES string of the molecule is CN1CC(CN2CCc3ccc(O)cc3C2)CCC1=O. The molecule has 3 rings (SSSR count). The number of nitrogens with zero attached hydrogens (tertiary/aromatic N) is 2. The lowest BCUT2D eigenvalue weighted by Gasteiger charge is -2.35. The van der Waals surface area contributed by atoms with Gasteiger partial charge in [-0.25, -0.2) is 0 Å². The molecule has 0 aromatic heterocycles. The van der Waals surface area contributed by atoms with Crippen LogP contribution in [0.3, 0.4) is 0 Å². The van der Waals surface area contributed by atoms with Crippen molar-refractivity contribution >= 4 is 5.91 Å². The van der Waals surface area contributed by atoms with Crippen molar-refractivity contribution in [2.45, 2.75) is 25.8 Å². The van der Waals surface area contributed by atoms with Crippen LogP contribution < -0.4 is 0 Å². The fourth-order valence-electron chi connectivity index (χ4n) is 3.37. The van der Waals surface area contributed by atoms with Crippen molar-refractivity contribution in [2.75, 3.05) is 26.7 Å². The number of phenolic OH excluding ortho intramolecular Hbond substituents is 1. The number of rotatable bonds is 2. The van der Waals surface area contributed by atoms with Gasteiger partial charge in [-0.2, -0.15) is 0 Å². The highest BCUT2D eigenvalue weighted by Gasteiger charge is 2.26. The van der Waals surface area contributed by atoms with Crippen molar-refractivity contribution in [3.8, 4) is 5.75 Å². The maximum Gasteiger partial charge on any atom is 0.222 e. The second kappa shape index (κ2) is 5.44. The van der Waals surface area contributed by atoms with E-state index in [0.29, 0.717) is 18.1 Å². The third-order valence-corrected chi connectivity index (χ3v) is 4.52. The molecule has 1 aromatic rings. The highest BCUT2D eigenvalue weighted by atomic mass is 16.3. The maximum absolute atomic E-state index is 11.5. The molecule has 108 valence electrons. The molecule has 0 radical (unpaired) electrons. The van der Waals surface area contributed by atoms with Gasteiger partial charge in [0.05, 0.1) is 0 Å². The molecular formula is C16H22N2O2. The van der Waals surface area contributed by atoms with Crippen LogP contribution in [0.15, 0.2) is 18.2 Å². The van der Waals surface area contributed by atoms with E-state index < -0.39 is 0 Å². The predicted molar refractivity (Wildman–Crippen MR) is 77.4 cm³/mol. The molecule has 0 aliphatic carbocycles. The Bertz CT molecular complexity index is 515. The van der Waals surface area contributed by atoms with E-state index in [2.05, 4.69) is 4.90 Å². The zero-order valence-corrected chi connectivity index (χ0v) is 12.0. The zero-order chi connectivity index (χ0) is 14.1. The predicted octanol–water partition coefficient (Wildman–Crippen LogP) is 1.62. The van der Waals surface area contributed by atoms with Gasteiger partial charge in [-0.15, -0.1) is 0 Å². The fraction of sp³-hybridized carbons (Fsp3) is 0.562. The third kappa shape index (κ3) is 2.80. The Morgan fingerprint density at radius 2 is 2.15 bits per heavy atom. The number of aromatic hydroxyl groups is 1. The van der Waals surface area contributed by atoms with Crippen LogP contribution >= 0.6 is 0 Å². The molecule has 0 spiro atoms. The summed E-state index contributed by atoms with van der Waals surface area (Å²) in [6.45, 7) is 3.92. The third-order valence-electron chi connectivity index (χ3n) is 4.52. The van der Waals surface area contributed by atoms with E-state index in [-0.39, 0.29) is 5.91 Å². The lowest BCUT2D eigenvalue weighted by atomic mass is 9.94. The molecule has 1 N–H and O–H groups in total. The molecule has 4 heteroatoms. The molecule has 4 nitrogen and oxygen atoms in total. The summed E-state index contributed by atoms with van der Waals surface area (Å²) < 4.78 is 0. The monoisotopic (exact) mass is 274 g/mol. The molecule has 1 atom stereocenters. The first-order valence-corrected chi connectivity index (χ1v) is 7.39. The zero-order valence-electron chi connectivity index (χ0n) is 12.0. The van der Waals surface area contributed by atoms with E-state index in [1.54, 1.807) is 6.07 Å². The number of carbonyl (C=O) groups is 1. The Kier molecular flexibility index (Phi) is 3.66. The van der Waals surface area contributed by atoms with Gasteiger partial charge in [0.25, 0.3) is 0 Å². The molecule has 1 saturated heterocycles. The lowest BCUT2D eigenvalue weighted by Crippen LogP contribution is -2.43. The van der Waals surface area contributed by atoms with E-state index in [9.17, 15) is 9.90 Å². The summed E-state index contributed by atoms with van der Waals surface area (Å²) in [6.07, 6.45) is 2.75. The molecule has 20 heavy (non-hydrogen) atoms. The first-order valence-electron chi connectivity index (χ1n) is 7.39. The summed E-state index contributed by atoms with van der Waals surface area (Å²) in [5.74, 6) is 1.21. The summed E-state index contributed by atoms with van der Waals surface area (Å²) in [6, 6.07) is 5.70. The van der Waals surface area contributed by atoms with Crippen molar-refractivity contribution in [3.63, 3.8) is 0 Å². The van der Waals surface area contributed by atoms with Gasteiger partial charge in [0, 0.05) is 39.6 Å². The Morgan fingerprint density at radius 1 is 1.30 bits per heavy atom. The largest absolute Gasteiger partial charge is 0.508 e. The highest BCUT2D eigenvalue weighted by Crippen LogP contribution is 2.25. The van der Waals surface area contributed by atoms with Gasteiger partial charge in [0.15, 0.2) is 0 Å². The minimum absolute atomic E-state index is 0.273. The number of hydrogen-bond acceptors (Lipinski definition) is 3. The summed E-state index contributed by atoms with van der Waals surface area (Å²) in [5.41, 5.74) is 2.60. The fourth-order valence-corrected chi connectivity index (χ4v) is 3.37. The van der Waals surface area contributed by atoms with Crippen LogP contribution in [0.5, 0.6) is 5.75 Å². The minimum Gasteiger partial charge on any atom is -0.508 e. The normalized spacial score (nSPS) is 23.8. The first kappa shape index (κ1) is 13.4. The number of likely N-dealkylation sites (tertiary alicyclic amines) is 1. The van der Waals surface area contributed by atoms with Crippen LogP contribution in [0.4, 0.5) is 0 Å². The van der Waals surface area contributed by atoms with E-state index in [4.69, 9.17) is 0 Å². The van der Waals surface area contributed by atoms with Crippen LogP contribution in [0.2, 0.25) is 0 Å². The number of benzene rings is 1. The van der Waals surface area contributed by atoms with Crippen LogP contribution in [0.25, 0.3) is 0 Å². The number of hydrogen-bond donors (Lipinski definition) is 1. The number of piperidine rings is 1. The molecule has 1 unspecified atom stereocenters. The van der Waals surface area contributed by atoms with Crippen LogP contribution in [0.1, 0.15) is 24.0 Å². The second-order valence-electron chi connectivity index (χ2n) is 6.12. The molecule has 2 aliphatic rings. The Balaban J connectivity index is 1.61. The van der Waals surface area contributed by atoms with Crippen LogP contribution in [0, 0.1) is 5.92 Å². The summed E-state index contributed by atoms with van der Waals surface area (Å²) in [5, 5.41) is 9.60. The number of amides is 1. The van der Waals surface area contributed by atoms with Crippen molar-refractivity contribution in [1.29, 1.82) is 0 Å². The smallest absolute Gasteiger partial charge is 0.222 e. The topological polar surface area (TPSA) is 43.8 Å². The Hall–Kier alpha value is -1.55. The van der Waals surface area contributed by atoms with Gasteiger partial charge in [-0.1, -0.05) is 6.07 Å². The van der Waals surface area contributed by atoms with Gasteiger partial charge < -0.3 is 10.0 Å². The second-order valence-corrected chi connectivity index (χ2v) is 6.12. The van der Waals surface area contributed by atoms with Gasteiger partial charge in [0.1, 0.15) is 5.75 Å². The molecule has 2 heterocycles. The van der Waals surface area contributed by atoms with Crippen LogP contribution in [-0.4, -0.2) is 47.5 Å². The van der Waals surface area contributed by atoms with Crippen molar-refractivity contribution in [2.24, 2.45) is 5.92 Å². The van der Waals surface area contributed by atoms with E-state index in [1.807, 2.05) is 24.1 Å². The molecule has 0 bridgehead atoms. The van der Waals surface area contributed by atoms with Gasteiger partial charge >= 0.3 is 0 Å². The van der Waals surface area contributed by atoms with Gasteiger partial charge in [0.2, 0.25) is 5.91 Å². The molecule has 1 fully saturated rings. The van der Waals surface area contributed by atoms with Crippen molar-refractivity contribution in [3.05, 3.63) is 29.3 Å². The molecule has 1 aromatic carbocycles. The average Bonchev–Trinajstić information content (AvgIpc) is 2.42. The average molecular weight is 274 g/mol. The summed E-state index contributed by atoms with van der Waals surface area (Å²) >= 11 is 0. The van der Waals surface area contributed by atoms with Gasteiger partial charge in [-0.3, -0.25) is 9.69 Å². The van der Waals surface area contributed by atoms with E-state index in [0.717, 1.165) is 39.0 Å². The van der Waals surface area contributed by atoms with E-state index >= 15 is 0 Å². The standard InChI is InChI=1S/C16H22N2O2/c1-17-9-12(2-5-16(17)20)10-18-7-6-13-3-4-15(19)8-14(13)11-18/h3-4,8,12,19H,2,5-7,9-11H2,1H3. The highest BCUT2D eigenvalue weighted by molar-refractivity contribution is 5.76. The summed E-state index contributed by atoms with van der Waals surface area (Å²) in [4.78, 5) is 15.8. The number of fused-ring (bicyclic) bond motifs is 1. The van der Waals surface area contributed by atoms with Crippen molar-refractivity contribution in [1.82, 2.24) is 9.80 Å². The summed E-state index contributed by atoms with van der Waals surface area (Å²) in [7, 11) is 1.90. The number of carbonyl (C=O) groups excluding carboxylic acids is 1. The first-order chi connectivity index (χ1) is 9.61. The van der Waals surface area contributed by atoms with E-state index in [1.165, 1.54) is 11.1 Å². The molecule has 1 amide bonds. The molecule has 2 aliphatic heterocycles. The van der Waals surface area contributed by atoms with Crippen molar-refractivity contribution < 1.29 is 9.90 Å². The number of phenols is 1. The maximum atomic E-state index is 11.5. The van der Waals surface area contributed by atoms with Gasteiger partial charge in [-0.05, 0) is 42.0 Å². The van der Waals surface area contributed by atoms with Crippen LogP contribution in [-0.2, 0) is 17.8 Å².